The normalized spacial score (nSPS) is 12.5. The highest BCUT2D eigenvalue weighted by atomic mass is 32.2. The average Bonchev–Trinajstić information content (AvgIpc) is 2.60. The summed E-state index contributed by atoms with van der Waals surface area (Å²) in [7, 11) is 0. The summed E-state index contributed by atoms with van der Waals surface area (Å²) < 4.78 is 4.47. The molecular formula is C13H8O4S. The fourth-order valence-electron chi connectivity index (χ4n) is 1.44. The Bertz CT molecular complexity index is 607. The third-order valence-corrected chi connectivity index (χ3v) is 2.92. The third-order valence-electron chi connectivity index (χ3n) is 2.23. The quantitative estimate of drug-likeness (QED) is 0.436. The molecule has 0 aromatic heterocycles. The fraction of sp³-hybridized carbons (Fsp3) is 0.154. The van der Waals surface area contributed by atoms with Crippen molar-refractivity contribution in [3.63, 3.8) is 0 Å². The lowest BCUT2D eigenvalue weighted by Crippen LogP contribution is -1.96. The summed E-state index contributed by atoms with van der Waals surface area (Å²) in [6.45, 7) is 1.48. The first-order chi connectivity index (χ1) is 8.58. The Morgan fingerprint density at radius 2 is 2.00 bits per heavy atom. The molecule has 2 rings (SSSR count). The van der Waals surface area contributed by atoms with Crippen molar-refractivity contribution in [2.24, 2.45) is 0 Å². The number of carbonyl (C=O) groups excluding carboxylic acids is 3. The van der Waals surface area contributed by atoms with E-state index >= 15 is 0 Å². The van der Waals surface area contributed by atoms with Gasteiger partial charge in [-0.2, -0.15) is 0 Å². The molecule has 0 fully saturated rings. The van der Waals surface area contributed by atoms with Gasteiger partial charge in [0.05, 0.1) is 16.9 Å². The van der Waals surface area contributed by atoms with Crippen molar-refractivity contribution >= 4 is 28.8 Å². The van der Waals surface area contributed by atoms with Gasteiger partial charge in [-0.3, -0.25) is 4.79 Å². The van der Waals surface area contributed by atoms with Crippen LogP contribution in [0.2, 0.25) is 0 Å². The third kappa shape index (κ3) is 2.60. The predicted octanol–water partition coefficient (Wildman–Crippen LogP) is 1.63. The number of ether oxygens (including phenoxy) is 1. The molecule has 5 heteroatoms. The van der Waals surface area contributed by atoms with Crippen molar-refractivity contribution in [2.45, 2.75) is 6.92 Å². The minimum atomic E-state index is -0.642. The number of benzene rings is 1. The highest BCUT2D eigenvalue weighted by Crippen LogP contribution is 2.20. The molecule has 0 radical (unpaired) electrons. The SMILES string of the molecule is CC(=O)SCC#Cc1ccc2c(c1)C(=O)OC2=O. The number of thioether (sulfide) groups is 1. The molecule has 0 unspecified atom stereocenters. The largest absolute Gasteiger partial charge is 0.386 e. The monoisotopic (exact) mass is 260 g/mol. The maximum absolute atomic E-state index is 11.3. The molecule has 0 saturated heterocycles. The van der Waals surface area contributed by atoms with E-state index in [-0.39, 0.29) is 16.2 Å². The lowest BCUT2D eigenvalue weighted by atomic mass is 10.1. The highest BCUT2D eigenvalue weighted by molar-refractivity contribution is 8.13. The van der Waals surface area contributed by atoms with Gasteiger partial charge in [0.1, 0.15) is 0 Å². The molecule has 0 bridgehead atoms. The van der Waals surface area contributed by atoms with Gasteiger partial charge >= 0.3 is 11.9 Å². The Morgan fingerprint density at radius 1 is 1.28 bits per heavy atom. The minimum absolute atomic E-state index is 0.00688. The summed E-state index contributed by atoms with van der Waals surface area (Å²) in [6, 6.07) is 4.68. The molecule has 90 valence electrons. The van der Waals surface area contributed by atoms with Crippen LogP contribution >= 0.6 is 11.8 Å². The number of rotatable bonds is 1. The van der Waals surface area contributed by atoms with Gasteiger partial charge in [0, 0.05) is 12.5 Å². The van der Waals surface area contributed by atoms with E-state index < -0.39 is 11.9 Å². The van der Waals surface area contributed by atoms with Crippen LogP contribution in [0.4, 0.5) is 0 Å². The molecule has 0 amide bonds. The number of hydrogen-bond donors (Lipinski definition) is 0. The summed E-state index contributed by atoms with van der Waals surface area (Å²) in [6.07, 6.45) is 0. The maximum atomic E-state index is 11.3. The molecule has 1 aromatic rings. The van der Waals surface area contributed by atoms with Crippen LogP contribution in [0.1, 0.15) is 33.2 Å². The first-order valence-electron chi connectivity index (χ1n) is 5.11. The molecular weight excluding hydrogens is 252 g/mol. The van der Waals surface area contributed by atoms with Crippen LogP contribution in [-0.2, 0) is 9.53 Å². The standard InChI is InChI=1S/C13H8O4S/c1-8(14)18-6-2-3-9-4-5-10-11(7-9)13(16)17-12(10)15/h4-5,7H,6H2,1H3. The fourth-order valence-corrected chi connectivity index (χ4v) is 1.79. The molecule has 0 aliphatic carbocycles. The van der Waals surface area contributed by atoms with Gasteiger partial charge in [-0.05, 0) is 18.2 Å². The first kappa shape index (κ1) is 12.4. The summed E-state index contributed by atoms with van der Waals surface area (Å²) in [4.78, 5) is 33.2. The van der Waals surface area contributed by atoms with Gasteiger partial charge in [-0.25, -0.2) is 9.59 Å². The Kier molecular flexibility index (Phi) is 3.49. The Labute approximate surface area is 108 Å². The molecule has 4 nitrogen and oxygen atoms in total. The molecule has 0 N–H and O–H groups in total. The number of hydrogen-bond acceptors (Lipinski definition) is 5. The van der Waals surface area contributed by atoms with E-state index in [0.29, 0.717) is 11.3 Å². The lowest BCUT2D eigenvalue weighted by Gasteiger charge is -1.93. The van der Waals surface area contributed by atoms with Crippen molar-refractivity contribution < 1.29 is 19.1 Å². The van der Waals surface area contributed by atoms with Gasteiger partial charge in [-0.1, -0.05) is 23.6 Å². The van der Waals surface area contributed by atoms with E-state index in [1.54, 1.807) is 6.07 Å². The summed E-state index contributed by atoms with van der Waals surface area (Å²) >= 11 is 1.12. The van der Waals surface area contributed by atoms with E-state index in [2.05, 4.69) is 16.6 Å². The van der Waals surface area contributed by atoms with Crippen molar-refractivity contribution in [2.75, 3.05) is 5.75 Å². The molecule has 1 aromatic carbocycles. The van der Waals surface area contributed by atoms with E-state index in [1.807, 2.05) is 0 Å². The van der Waals surface area contributed by atoms with Crippen molar-refractivity contribution in [1.29, 1.82) is 0 Å². The predicted molar refractivity (Wildman–Crippen MR) is 66.2 cm³/mol. The van der Waals surface area contributed by atoms with Crippen LogP contribution in [0.5, 0.6) is 0 Å². The number of cyclic esters (lactones) is 2. The summed E-state index contributed by atoms with van der Waals surface area (Å²) in [5, 5.41) is 0.00688. The molecule has 0 atom stereocenters. The van der Waals surface area contributed by atoms with Crippen molar-refractivity contribution in [3.05, 3.63) is 34.9 Å². The topological polar surface area (TPSA) is 60.4 Å². The van der Waals surface area contributed by atoms with Gasteiger partial charge in [0.15, 0.2) is 5.12 Å². The Morgan fingerprint density at radius 3 is 2.72 bits per heavy atom. The van der Waals surface area contributed by atoms with Crippen LogP contribution in [0.15, 0.2) is 18.2 Å². The molecule has 1 heterocycles. The van der Waals surface area contributed by atoms with Gasteiger partial charge < -0.3 is 4.74 Å². The van der Waals surface area contributed by atoms with E-state index in [9.17, 15) is 14.4 Å². The summed E-state index contributed by atoms with van der Waals surface area (Å²) in [5.74, 6) is 4.76. The summed E-state index contributed by atoms with van der Waals surface area (Å²) in [5.41, 5.74) is 1.12. The zero-order valence-electron chi connectivity index (χ0n) is 9.48. The molecule has 1 aliphatic heterocycles. The number of carbonyl (C=O) groups is 3. The second kappa shape index (κ2) is 5.07. The zero-order chi connectivity index (χ0) is 13.1. The highest BCUT2D eigenvalue weighted by Gasteiger charge is 2.29. The van der Waals surface area contributed by atoms with E-state index in [1.165, 1.54) is 19.1 Å². The molecule has 0 spiro atoms. The molecule has 0 saturated carbocycles. The minimum Gasteiger partial charge on any atom is -0.386 e. The van der Waals surface area contributed by atoms with Crippen LogP contribution in [0, 0.1) is 11.8 Å². The van der Waals surface area contributed by atoms with Crippen molar-refractivity contribution in [3.8, 4) is 11.8 Å². The Hall–Kier alpha value is -2.06. The van der Waals surface area contributed by atoms with Crippen molar-refractivity contribution in [1.82, 2.24) is 0 Å². The lowest BCUT2D eigenvalue weighted by molar-refractivity contribution is -0.109. The second-order valence-corrected chi connectivity index (χ2v) is 4.67. The van der Waals surface area contributed by atoms with Crippen LogP contribution in [0.25, 0.3) is 0 Å². The van der Waals surface area contributed by atoms with Crippen LogP contribution < -0.4 is 0 Å². The Balaban J connectivity index is 2.17. The van der Waals surface area contributed by atoms with Crippen LogP contribution in [0.3, 0.4) is 0 Å². The smallest absolute Gasteiger partial charge is 0.346 e. The van der Waals surface area contributed by atoms with Gasteiger partial charge in [-0.15, -0.1) is 0 Å². The maximum Gasteiger partial charge on any atom is 0.346 e. The number of fused-ring (bicyclic) bond motifs is 1. The number of esters is 2. The molecule has 1 aliphatic rings. The second-order valence-electron chi connectivity index (χ2n) is 3.52. The average molecular weight is 260 g/mol. The van der Waals surface area contributed by atoms with E-state index in [0.717, 1.165) is 11.8 Å². The molecule has 18 heavy (non-hydrogen) atoms. The van der Waals surface area contributed by atoms with Crippen LogP contribution in [-0.4, -0.2) is 22.8 Å². The zero-order valence-corrected chi connectivity index (χ0v) is 10.3. The van der Waals surface area contributed by atoms with Gasteiger partial charge in [0.25, 0.3) is 0 Å². The van der Waals surface area contributed by atoms with E-state index in [4.69, 9.17) is 0 Å². The first-order valence-corrected chi connectivity index (χ1v) is 6.09. The van der Waals surface area contributed by atoms with Gasteiger partial charge in [0.2, 0.25) is 0 Å².